The summed E-state index contributed by atoms with van der Waals surface area (Å²) in [4.78, 5) is 21.7. The van der Waals surface area contributed by atoms with Gasteiger partial charge in [0.05, 0.1) is 17.4 Å². The third-order valence-corrected chi connectivity index (χ3v) is 6.05. The standard InChI is InChI=1S/C24H24F2N6O2/c1-31-22(33)19-7-6-15(17-11-28-24(29-12-17)30-18-8-9-27-13-18)10-20(19)32(31)14-16-4-2-3-5-21(16)34-23(25)26/h2-7,10-12,18,23,27H,8-9,13-14H2,1H3,(H,28,29,30)/t18-/m0/s1. The Morgan fingerprint density at radius 3 is 2.71 bits per heavy atom. The van der Waals surface area contributed by atoms with Gasteiger partial charge in [-0.05, 0) is 36.7 Å². The van der Waals surface area contributed by atoms with Crippen molar-refractivity contribution in [1.29, 1.82) is 0 Å². The van der Waals surface area contributed by atoms with Crippen molar-refractivity contribution in [2.75, 3.05) is 18.4 Å². The molecule has 0 saturated carbocycles. The van der Waals surface area contributed by atoms with Crippen LogP contribution in [-0.4, -0.2) is 45.1 Å². The summed E-state index contributed by atoms with van der Waals surface area (Å²) in [6.45, 7) is -0.872. The van der Waals surface area contributed by atoms with E-state index < -0.39 is 6.61 Å². The molecule has 8 nitrogen and oxygen atoms in total. The van der Waals surface area contributed by atoms with Gasteiger partial charge in [-0.25, -0.2) is 9.97 Å². The molecule has 1 fully saturated rings. The number of aromatic nitrogens is 4. The predicted octanol–water partition coefficient (Wildman–Crippen LogP) is 3.22. The van der Waals surface area contributed by atoms with Crippen LogP contribution < -0.4 is 20.9 Å². The van der Waals surface area contributed by atoms with Gasteiger partial charge in [0.2, 0.25) is 5.95 Å². The number of benzene rings is 2. The number of rotatable bonds is 7. The van der Waals surface area contributed by atoms with E-state index in [1.807, 2.05) is 12.1 Å². The fourth-order valence-electron chi connectivity index (χ4n) is 4.26. The Balaban J connectivity index is 1.48. The zero-order valence-corrected chi connectivity index (χ0v) is 18.5. The van der Waals surface area contributed by atoms with Crippen LogP contribution in [0.4, 0.5) is 14.7 Å². The molecule has 1 atom stereocenters. The van der Waals surface area contributed by atoms with E-state index in [9.17, 15) is 13.6 Å². The van der Waals surface area contributed by atoms with Crippen molar-refractivity contribution in [3.8, 4) is 16.9 Å². The van der Waals surface area contributed by atoms with E-state index in [1.165, 1.54) is 10.7 Å². The van der Waals surface area contributed by atoms with Gasteiger partial charge in [0.1, 0.15) is 5.75 Å². The molecule has 0 radical (unpaired) electrons. The summed E-state index contributed by atoms with van der Waals surface area (Å²) in [7, 11) is 1.65. The van der Waals surface area contributed by atoms with Crippen molar-refractivity contribution in [2.24, 2.45) is 7.05 Å². The number of para-hydroxylation sites is 1. The Kier molecular flexibility index (Phi) is 5.97. The van der Waals surface area contributed by atoms with Gasteiger partial charge < -0.3 is 15.4 Å². The number of fused-ring (bicyclic) bond motifs is 1. The number of ether oxygens (including phenoxy) is 1. The van der Waals surface area contributed by atoms with E-state index in [0.29, 0.717) is 28.5 Å². The third kappa shape index (κ3) is 4.36. The minimum atomic E-state index is -2.93. The molecule has 10 heteroatoms. The molecule has 0 unspecified atom stereocenters. The Bertz CT molecular complexity index is 1360. The molecular weight excluding hydrogens is 442 g/mol. The lowest BCUT2D eigenvalue weighted by molar-refractivity contribution is -0.0505. The number of halogens is 2. The molecule has 0 aliphatic carbocycles. The second kappa shape index (κ2) is 9.22. The predicted molar refractivity (Wildman–Crippen MR) is 125 cm³/mol. The molecule has 2 N–H and O–H groups in total. The Morgan fingerprint density at radius 2 is 1.97 bits per heavy atom. The van der Waals surface area contributed by atoms with Crippen molar-refractivity contribution in [3.63, 3.8) is 0 Å². The number of hydrogen-bond acceptors (Lipinski definition) is 6. The molecule has 1 aliphatic heterocycles. The van der Waals surface area contributed by atoms with Crippen molar-refractivity contribution in [3.05, 3.63) is 70.8 Å². The zero-order chi connectivity index (χ0) is 23.7. The van der Waals surface area contributed by atoms with Gasteiger partial charge in [-0.3, -0.25) is 14.2 Å². The quantitative estimate of drug-likeness (QED) is 0.435. The normalized spacial score (nSPS) is 15.8. The number of hydrogen-bond donors (Lipinski definition) is 2. The highest BCUT2D eigenvalue weighted by Gasteiger charge is 2.17. The van der Waals surface area contributed by atoms with Crippen molar-refractivity contribution < 1.29 is 13.5 Å². The lowest BCUT2D eigenvalue weighted by atomic mass is 10.1. The van der Waals surface area contributed by atoms with E-state index in [0.717, 1.165) is 30.6 Å². The van der Waals surface area contributed by atoms with Crippen LogP contribution in [0.1, 0.15) is 12.0 Å². The SMILES string of the molecule is Cn1c(=O)c2ccc(-c3cnc(N[C@H]4CCNC4)nc3)cc2n1Cc1ccccc1OC(F)F. The van der Waals surface area contributed by atoms with Gasteiger partial charge in [-0.15, -0.1) is 0 Å². The first-order valence-electron chi connectivity index (χ1n) is 11.0. The summed E-state index contributed by atoms with van der Waals surface area (Å²) >= 11 is 0. The highest BCUT2D eigenvalue weighted by molar-refractivity contribution is 5.84. The van der Waals surface area contributed by atoms with E-state index in [-0.39, 0.29) is 17.9 Å². The van der Waals surface area contributed by atoms with Gasteiger partial charge in [0, 0.05) is 43.2 Å². The minimum absolute atomic E-state index is 0.0805. The molecular formula is C24H24F2N6O2. The van der Waals surface area contributed by atoms with E-state index >= 15 is 0 Å². The topological polar surface area (TPSA) is 86.0 Å². The summed E-state index contributed by atoms with van der Waals surface area (Å²) < 4.78 is 33.6. The average molecular weight is 466 g/mol. The Hall–Kier alpha value is -3.79. The second-order valence-electron chi connectivity index (χ2n) is 8.23. The monoisotopic (exact) mass is 466 g/mol. The van der Waals surface area contributed by atoms with Gasteiger partial charge >= 0.3 is 6.61 Å². The molecule has 4 aromatic rings. The molecule has 0 amide bonds. The first kappa shape index (κ1) is 22.0. The van der Waals surface area contributed by atoms with Crippen molar-refractivity contribution in [2.45, 2.75) is 25.6 Å². The van der Waals surface area contributed by atoms with Crippen LogP contribution in [0.2, 0.25) is 0 Å². The average Bonchev–Trinajstić information content (AvgIpc) is 3.43. The van der Waals surface area contributed by atoms with Gasteiger partial charge in [-0.1, -0.05) is 24.3 Å². The maximum atomic E-state index is 12.9. The molecule has 0 spiro atoms. The first-order valence-corrected chi connectivity index (χ1v) is 11.0. The van der Waals surface area contributed by atoms with Crippen molar-refractivity contribution in [1.82, 2.24) is 24.6 Å². The summed E-state index contributed by atoms with van der Waals surface area (Å²) in [5.74, 6) is 0.655. The number of nitrogens with zero attached hydrogens (tertiary/aromatic N) is 4. The molecule has 34 heavy (non-hydrogen) atoms. The van der Waals surface area contributed by atoms with Crippen molar-refractivity contribution >= 4 is 16.9 Å². The van der Waals surface area contributed by atoms with E-state index in [2.05, 4.69) is 25.3 Å². The largest absolute Gasteiger partial charge is 0.434 e. The van der Waals surface area contributed by atoms with Gasteiger partial charge in [0.25, 0.3) is 5.56 Å². The Labute approximate surface area is 194 Å². The van der Waals surface area contributed by atoms with Crippen LogP contribution >= 0.6 is 0 Å². The van der Waals surface area contributed by atoms with Gasteiger partial charge in [-0.2, -0.15) is 8.78 Å². The van der Waals surface area contributed by atoms with Crippen LogP contribution in [0.25, 0.3) is 22.0 Å². The molecule has 176 valence electrons. The van der Waals surface area contributed by atoms with Gasteiger partial charge in [0.15, 0.2) is 0 Å². The first-order chi connectivity index (χ1) is 16.5. The Morgan fingerprint density at radius 1 is 1.18 bits per heavy atom. The highest BCUT2D eigenvalue weighted by atomic mass is 19.3. The number of nitrogens with one attached hydrogen (secondary N) is 2. The summed E-state index contributed by atoms with van der Waals surface area (Å²) in [5, 5.41) is 7.15. The molecule has 2 aromatic carbocycles. The fourth-order valence-corrected chi connectivity index (χ4v) is 4.26. The minimum Gasteiger partial charge on any atom is -0.434 e. The number of alkyl halides is 2. The lowest BCUT2D eigenvalue weighted by Crippen LogP contribution is -2.23. The van der Waals surface area contributed by atoms with E-state index in [4.69, 9.17) is 0 Å². The lowest BCUT2D eigenvalue weighted by Gasteiger charge is -2.14. The molecule has 3 heterocycles. The highest BCUT2D eigenvalue weighted by Crippen LogP contribution is 2.26. The number of anilines is 1. The molecule has 2 aromatic heterocycles. The van der Waals surface area contributed by atoms with Crippen LogP contribution in [0, 0.1) is 0 Å². The summed E-state index contributed by atoms with van der Waals surface area (Å²) in [5.41, 5.74) is 2.70. The maximum Gasteiger partial charge on any atom is 0.387 e. The smallest absolute Gasteiger partial charge is 0.387 e. The van der Waals surface area contributed by atoms with Crippen LogP contribution in [0.15, 0.2) is 59.7 Å². The fraction of sp³-hybridized carbons (Fsp3) is 0.292. The molecule has 5 rings (SSSR count). The summed E-state index contributed by atoms with van der Waals surface area (Å²) in [6, 6.07) is 12.4. The molecule has 1 aliphatic rings. The van der Waals surface area contributed by atoms with Crippen LogP contribution in [0.3, 0.4) is 0 Å². The van der Waals surface area contributed by atoms with E-state index in [1.54, 1.807) is 48.4 Å². The van der Waals surface area contributed by atoms with Crippen LogP contribution in [-0.2, 0) is 13.6 Å². The summed E-state index contributed by atoms with van der Waals surface area (Å²) in [6.07, 6.45) is 4.52. The third-order valence-electron chi connectivity index (χ3n) is 6.05. The molecule has 1 saturated heterocycles. The maximum absolute atomic E-state index is 12.9. The van der Waals surface area contributed by atoms with Crippen LogP contribution in [0.5, 0.6) is 5.75 Å². The second-order valence-corrected chi connectivity index (χ2v) is 8.23. The zero-order valence-electron chi connectivity index (χ0n) is 18.5. The molecule has 0 bridgehead atoms.